The van der Waals surface area contributed by atoms with E-state index in [0.717, 1.165) is 37.1 Å². The van der Waals surface area contributed by atoms with E-state index >= 15 is 0 Å². The molecule has 0 unspecified atom stereocenters. The summed E-state index contributed by atoms with van der Waals surface area (Å²) < 4.78 is 31.4. The van der Waals surface area contributed by atoms with E-state index in [1.165, 1.54) is 6.92 Å². The van der Waals surface area contributed by atoms with E-state index in [9.17, 15) is 14.3 Å². The topological polar surface area (TPSA) is 109 Å². The Balaban J connectivity index is 1.32. The molecular formula is C27H35FN4O5. The molecule has 1 aromatic heterocycles. The maximum atomic E-state index is 14.5. The van der Waals surface area contributed by atoms with Crippen molar-refractivity contribution >= 4 is 23.0 Å². The number of aliphatic hydroxyl groups is 1. The molecule has 0 spiro atoms. The number of carbonyl (C=O) groups excluding carboxylic acids is 1. The number of hydrogen-bond acceptors (Lipinski definition) is 8. The molecule has 1 aliphatic rings. The third kappa shape index (κ3) is 6.90. The fourth-order valence-electron chi connectivity index (χ4n) is 4.39. The maximum Gasteiger partial charge on any atom is 0.295 e. The molecule has 4 rings (SSSR count). The zero-order valence-corrected chi connectivity index (χ0v) is 21.6. The predicted molar refractivity (Wildman–Crippen MR) is 138 cm³/mol. The molecule has 0 radical (unpaired) electrons. The number of benzene rings is 2. The summed E-state index contributed by atoms with van der Waals surface area (Å²) in [5, 5.41) is 15.4. The molecule has 0 saturated carbocycles. The minimum Gasteiger partial charge on any atom is -0.491 e. The zero-order chi connectivity index (χ0) is 26.4. The highest BCUT2D eigenvalue weighted by Gasteiger charge is 2.22. The van der Waals surface area contributed by atoms with Crippen LogP contribution in [0.3, 0.4) is 0 Å². The van der Waals surface area contributed by atoms with Crippen molar-refractivity contribution in [1.29, 1.82) is 0 Å². The highest BCUT2D eigenvalue weighted by atomic mass is 19.1. The van der Waals surface area contributed by atoms with Gasteiger partial charge in [-0.2, -0.15) is 9.37 Å². The van der Waals surface area contributed by atoms with Crippen LogP contribution >= 0.6 is 0 Å². The van der Waals surface area contributed by atoms with Gasteiger partial charge in [-0.15, -0.1) is 0 Å². The number of halogens is 1. The number of amides is 1. The van der Waals surface area contributed by atoms with Gasteiger partial charge >= 0.3 is 0 Å². The van der Waals surface area contributed by atoms with Crippen LogP contribution in [-0.4, -0.2) is 59.3 Å². The van der Waals surface area contributed by atoms with E-state index in [-0.39, 0.29) is 17.5 Å². The van der Waals surface area contributed by atoms with Crippen LogP contribution in [0.4, 0.5) is 10.4 Å². The number of likely N-dealkylation sites (tertiary alicyclic amines) is 1. The van der Waals surface area contributed by atoms with Gasteiger partial charge in [-0.05, 0) is 69.0 Å². The number of aromatic nitrogens is 1. The number of aliphatic hydroxyl groups excluding tert-OH is 1. The minimum absolute atomic E-state index is 0.223. The number of anilines is 1. The molecule has 3 N–H and O–H groups in total. The maximum absolute atomic E-state index is 14.5. The molecule has 9 nitrogen and oxygen atoms in total. The SMILES string of the molecule is CCOc1cc(CN2CCC(Nc3nc4cc(CNC(=O)[C@H](C)O)ccc4o3)CC2)cc(OCC)c1F. The lowest BCUT2D eigenvalue weighted by atomic mass is 10.0. The van der Waals surface area contributed by atoms with Crippen molar-refractivity contribution in [3.05, 3.63) is 47.3 Å². The monoisotopic (exact) mass is 514 g/mol. The first-order chi connectivity index (χ1) is 17.9. The molecule has 0 aliphatic carbocycles. The Morgan fingerprint density at radius 1 is 1.16 bits per heavy atom. The molecule has 1 atom stereocenters. The largest absolute Gasteiger partial charge is 0.491 e. The molecular weight excluding hydrogens is 479 g/mol. The minimum atomic E-state index is -1.05. The summed E-state index contributed by atoms with van der Waals surface area (Å²) in [4.78, 5) is 18.5. The standard InChI is InChI=1S/C27H35FN4O5/c1-4-35-23-13-19(14-24(25(23)28)36-5-2)16-32-10-8-20(9-11-32)30-27-31-21-12-18(6-7-22(21)37-27)15-29-26(34)17(3)33/h6-7,12-14,17,20,33H,4-5,8-11,15-16H2,1-3H3,(H,29,34)(H,30,31)/t17-/m0/s1. The lowest BCUT2D eigenvalue weighted by Gasteiger charge is -2.32. The zero-order valence-electron chi connectivity index (χ0n) is 21.6. The first-order valence-corrected chi connectivity index (χ1v) is 12.8. The fraction of sp³-hybridized carbons (Fsp3) is 0.481. The molecule has 1 aliphatic heterocycles. The molecule has 200 valence electrons. The number of nitrogens with zero attached hydrogens (tertiary/aromatic N) is 2. The number of nitrogens with one attached hydrogen (secondary N) is 2. The molecule has 0 bridgehead atoms. The van der Waals surface area contributed by atoms with Crippen molar-refractivity contribution in [2.75, 3.05) is 31.6 Å². The van der Waals surface area contributed by atoms with Crippen molar-refractivity contribution in [3.8, 4) is 11.5 Å². The van der Waals surface area contributed by atoms with Crippen LogP contribution in [-0.2, 0) is 17.9 Å². The number of carbonyl (C=O) groups is 1. The summed E-state index contributed by atoms with van der Waals surface area (Å²) >= 11 is 0. The summed E-state index contributed by atoms with van der Waals surface area (Å²) in [5.41, 5.74) is 3.20. The van der Waals surface area contributed by atoms with E-state index in [0.29, 0.717) is 43.4 Å². The number of hydrogen-bond donors (Lipinski definition) is 3. The molecule has 1 saturated heterocycles. The van der Waals surface area contributed by atoms with E-state index in [1.54, 1.807) is 12.1 Å². The van der Waals surface area contributed by atoms with Crippen LogP contribution in [0.15, 0.2) is 34.7 Å². The van der Waals surface area contributed by atoms with Gasteiger partial charge in [0.25, 0.3) is 6.01 Å². The Kier molecular flexibility index (Phi) is 8.83. The normalized spacial score (nSPS) is 15.5. The van der Waals surface area contributed by atoms with E-state index in [4.69, 9.17) is 13.9 Å². The van der Waals surface area contributed by atoms with Crippen LogP contribution in [0, 0.1) is 5.82 Å². The summed E-state index contributed by atoms with van der Waals surface area (Å²) in [7, 11) is 0. The van der Waals surface area contributed by atoms with E-state index in [1.807, 2.05) is 32.0 Å². The van der Waals surface area contributed by atoms with Crippen LogP contribution in [0.5, 0.6) is 11.5 Å². The van der Waals surface area contributed by atoms with Crippen LogP contribution in [0.1, 0.15) is 44.7 Å². The van der Waals surface area contributed by atoms with Crippen LogP contribution in [0.2, 0.25) is 0 Å². The third-order valence-electron chi connectivity index (χ3n) is 6.28. The van der Waals surface area contributed by atoms with Crippen LogP contribution < -0.4 is 20.1 Å². The average Bonchev–Trinajstić information content (AvgIpc) is 3.28. The fourth-order valence-corrected chi connectivity index (χ4v) is 4.39. The van der Waals surface area contributed by atoms with Gasteiger partial charge in [0.2, 0.25) is 11.7 Å². The average molecular weight is 515 g/mol. The molecule has 10 heteroatoms. The van der Waals surface area contributed by atoms with Crippen molar-refractivity contribution < 1.29 is 28.2 Å². The number of ether oxygens (including phenoxy) is 2. The Hall–Kier alpha value is -3.37. The van der Waals surface area contributed by atoms with Crippen LogP contribution in [0.25, 0.3) is 11.1 Å². The molecule has 2 heterocycles. The van der Waals surface area contributed by atoms with Gasteiger partial charge in [-0.25, -0.2) is 0 Å². The van der Waals surface area contributed by atoms with Crippen molar-refractivity contribution in [1.82, 2.24) is 15.2 Å². The molecule has 1 amide bonds. The van der Waals surface area contributed by atoms with Gasteiger partial charge in [0, 0.05) is 32.2 Å². The van der Waals surface area contributed by atoms with Crippen molar-refractivity contribution in [3.63, 3.8) is 0 Å². The van der Waals surface area contributed by atoms with Gasteiger partial charge in [-0.3, -0.25) is 9.69 Å². The Labute approximate surface area is 215 Å². The molecule has 1 fully saturated rings. The molecule has 37 heavy (non-hydrogen) atoms. The van der Waals surface area contributed by atoms with E-state index in [2.05, 4.69) is 20.5 Å². The Morgan fingerprint density at radius 2 is 1.84 bits per heavy atom. The third-order valence-corrected chi connectivity index (χ3v) is 6.28. The second kappa shape index (κ2) is 12.2. The summed E-state index contributed by atoms with van der Waals surface area (Å²) in [6.07, 6.45) is 0.772. The highest BCUT2D eigenvalue weighted by molar-refractivity contribution is 5.80. The summed E-state index contributed by atoms with van der Waals surface area (Å²) in [6, 6.07) is 9.77. The smallest absolute Gasteiger partial charge is 0.295 e. The number of piperidine rings is 1. The summed E-state index contributed by atoms with van der Waals surface area (Å²) in [5.74, 6) is -0.419. The lowest BCUT2D eigenvalue weighted by Crippen LogP contribution is -2.38. The van der Waals surface area contributed by atoms with Crippen molar-refractivity contribution in [2.24, 2.45) is 0 Å². The highest BCUT2D eigenvalue weighted by Crippen LogP contribution is 2.30. The Morgan fingerprint density at radius 3 is 2.46 bits per heavy atom. The predicted octanol–water partition coefficient (Wildman–Crippen LogP) is 3.84. The lowest BCUT2D eigenvalue weighted by molar-refractivity contribution is -0.128. The Bertz CT molecular complexity index is 1180. The van der Waals surface area contributed by atoms with E-state index < -0.39 is 17.8 Å². The van der Waals surface area contributed by atoms with Gasteiger partial charge in [-0.1, -0.05) is 6.07 Å². The molecule has 3 aromatic rings. The molecule has 2 aromatic carbocycles. The van der Waals surface area contributed by atoms with Gasteiger partial charge < -0.3 is 29.6 Å². The van der Waals surface area contributed by atoms with Gasteiger partial charge in [0.05, 0.1) is 13.2 Å². The quantitative estimate of drug-likeness (QED) is 0.354. The number of oxazole rings is 1. The second-order valence-electron chi connectivity index (χ2n) is 9.18. The van der Waals surface area contributed by atoms with Gasteiger partial charge in [0.15, 0.2) is 17.1 Å². The first kappa shape index (κ1) is 26.7. The van der Waals surface area contributed by atoms with Gasteiger partial charge in [0.1, 0.15) is 11.6 Å². The van der Waals surface area contributed by atoms with Crippen molar-refractivity contribution in [2.45, 2.75) is 58.8 Å². The second-order valence-corrected chi connectivity index (χ2v) is 9.18. The number of fused-ring (bicyclic) bond motifs is 1. The number of rotatable bonds is 11. The first-order valence-electron chi connectivity index (χ1n) is 12.8. The summed E-state index contributed by atoms with van der Waals surface area (Å²) in [6.45, 7) is 8.60.